The number of H-pyrrole nitrogens is 1. The predicted octanol–water partition coefficient (Wildman–Crippen LogP) is 1.10. The van der Waals surface area contributed by atoms with Gasteiger partial charge >= 0.3 is 0 Å². The SMILES string of the molecule is CC1CCCN(c2nc[nH]c(=O)c2Br)C1CN. The minimum absolute atomic E-state index is 0.149. The maximum atomic E-state index is 11.6. The summed E-state index contributed by atoms with van der Waals surface area (Å²) in [6, 6.07) is 0.259. The molecular weight excluding hydrogens is 284 g/mol. The Kier molecular flexibility index (Phi) is 3.83. The average molecular weight is 301 g/mol. The Morgan fingerprint density at radius 3 is 3.18 bits per heavy atom. The fourth-order valence-corrected chi connectivity index (χ4v) is 2.89. The zero-order valence-corrected chi connectivity index (χ0v) is 11.4. The average Bonchev–Trinajstić information content (AvgIpc) is 2.32. The van der Waals surface area contributed by atoms with Crippen LogP contribution < -0.4 is 16.2 Å². The summed E-state index contributed by atoms with van der Waals surface area (Å²) >= 11 is 3.30. The van der Waals surface area contributed by atoms with Crippen molar-refractivity contribution < 1.29 is 0 Å². The van der Waals surface area contributed by atoms with Crippen molar-refractivity contribution in [3.8, 4) is 0 Å². The first-order chi connectivity index (χ1) is 8.15. The van der Waals surface area contributed by atoms with Crippen LogP contribution >= 0.6 is 15.9 Å². The summed E-state index contributed by atoms with van der Waals surface area (Å²) in [7, 11) is 0. The third kappa shape index (κ3) is 2.37. The van der Waals surface area contributed by atoms with E-state index < -0.39 is 0 Å². The topological polar surface area (TPSA) is 75.0 Å². The molecule has 2 rings (SSSR count). The zero-order chi connectivity index (χ0) is 12.4. The standard InChI is InChI=1S/C11H17BrN4O/c1-7-3-2-4-16(8(7)5-13)10-9(12)11(17)15-6-14-10/h6-8H,2-5,13H2,1H3,(H,14,15,17). The van der Waals surface area contributed by atoms with E-state index in [4.69, 9.17) is 5.73 Å². The minimum atomic E-state index is -0.149. The molecule has 1 fully saturated rings. The fraction of sp³-hybridized carbons (Fsp3) is 0.636. The molecule has 0 spiro atoms. The summed E-state index contributed by atoms with van der Waals surface area (Å²) in [5.41, 5.74) is 5.69. The maximum Gasteiger partial charge on any atom is 0.267 e. The van der Waals surface area contributed by atoms with Gasteiger partial charge in [-0.15, -0.1) is 0 Å². The van der Waals surface area contributed by atoms with Crippen LogP contribution in [0.2, 0.25) is 0 Å². The lowest BCUT2D eigenvalue weighted by atomic mass is 9.91. The number of piperidine rings is 1. The van der Waals surface area contributed by atoms with Crippen LogP contribution in [0.3, 0.4) is 0 Å². The predicted molar refractivity (Wildman–Crippen MR) is 71.1 cm³/mol. The molecule has 0 radical (unpaired) electrons. The third-order valence-corrected chi connectivity index (χ3v) is 4.12. The number of aromatic nitrogens is 2. The first-order valence-electron chi connectivity index (χ1n) is 5.85. The first kappa shape index (κ1) is 12.6. The molecule has 0 aromatic carbocycles. The maximum absolute atomic E-state index is 11.6. The van der Waals surface area contributed by atoms with E-state index in [0.29, 0.717) is 22.8 Å². The summed E-state index contributed by atoms with van der Waals surface area (Å²) in [5, 5.41) is 0. The van der Waals surface area contributed by atoms with E-state index in [1.807, 2.05) is 0 Å². The van der Waals surface area contributed by atoms with Gasteiger partial charge in [0.25, 0.3) is 5.56 Å². The van der Waals surface area contributed by atoms with Crippen molar-refractivity contribution in [2.45, 2.75) is 25.8 Å². The Labute approximate surface area is 109 Å². The number of halogens is 1. The second-order valence-electron chi connectivity index (χ2n) is 4.49. The number of nitrogens with one attached hydrogen (secondary N) is 1. The molecule has 2 heterocycles. The van der Waals surface area contributed by atoms with E-state index >= 15 is 0 Å². The van der Waals surface area contributed by atoms with Crippen LogP contribution in [0.1, 0.15) is 19.8 Å². The minimum Gasteiger partial charge on any atom is -0.351 e. The molecular formula is C11H17BrN4O. The van der Waals surface area contributed by atoms with Gasteiger partial charge in [0.2, 0.25) is 0 Å². The van der Waals surface area contributed by atoms with Gasteiger partial charge in [-0.3, -0.25) is 4.79 Å². The number of rotatable bonds is 2. The fourth-order valence-electron chi connectivity index (χ4n) is 2.45. The van der Waals surface area contributed by atoms with E-state index in [-0.39, 0.29) is 11.6 Å². The Morgan fingerprint density at radius 2 is 2.47 bits per heavy atom. The number of hydrogen-bond donors (Lipinski definition) is 2. The summed E-state index contributed by atoms with van der Waals surface area (Å²) < 4.78 is 0.493. The van der Waals surface area contributed by atoms with Gasteiger partial charge in [-0.2, -0.15) is 0 Å². The molecule has 1 aliphatic heterocycles. The number of hydrogen-bond acceptors (Lipinski definition) is 4. The Balaban J connectivity index is 2.37. The van der Waals surface area contributed by atoms with Crippen LogP contribution in [0.25, 0.3) is 0 Å². The second-order valence-corrected chi connectivity index (χ2v) is 5.28. The molecule has 1 aromatic heterocycles. The van der Waals surface area contributed by atoms with Gasteiger partial charge in [-0.25, -0.2) is 4.98 Å². The highest BCUT2D eigenvalue weighted by Gasteiger charge is 2.29. The van der Waals surface area contributed by atoms with E-state index in [9.17, 15) is 4.79 Å². The molecule has 1 aliphatic rings. The van der Waals surface area contributed by atoms with Gasteiger partial charge in [-0.05, 0) is 34.7 Å². The highest BCUT2D eigenvalue weighted by atomic mass is 79.9. The van der Waals surface area contributed by atoms with Gasteiger partial charge < -0.3 is 15.6 Å². The van der Waals surface area contributed by atoms with E-state index in [2.05, 4.69) is 37.7 Å². The lowest BCUT2D eigenvalue weighted by Crippen LogP contribution is -2.49. The van der Waals surface area contributed by atoms with Crippen LogP contribution in [0.4, 0.5) is 5.82 Å². The molecule has 1 saturated heterocycles. The molecule has 5 nitrogen and oxygen atoms in total. The molecule has 3 N–H and O–H groups in total. The summed E-state index contributed by atoms with van der Waals surface area (Å²) in [6.45, 7) is 3.69. The molecule has 2 unspecified atom stereocenters. The Bertz CT molecular complexity index is 447. The number of nitrogens with zero attached hydrogens (tertiary/aromatic N) is 2. The molecule has 94 valence electrons. The first-order valence-corrected chi connectivity index (χ1v) is 6.64. The lowest BCUT2D eigenvalue weighted by Gasteiger charge is -2.40. The molecule has 2 atom stereocenters. The van der Waals surface area contributed by atoms with Crippen LogP contribution in [0.15, 0.2) is 15.6 Å². The summed E-state index contributed by atoms with van der Waals surface area (Å²) in [6.07, 6.45) is 3.73. The van der Waals surface area contributed by atoms with Crippen molar-refractivity contribution in [2.24, 2.45) is 11.7 Å². The van der Waals surface area contributed by atoms with Crippen LogP contribution in [-0.4, -0.2) is 29.1 Å². The molecule has 1 aromatic rings. The van der Waals surface area contributed by atoms with Crippen LogP contribution in [-0.2, 0) is 0 Å². The van der Waals surface area contributed by atoms with E-state index in [0.717, 1.165) is 13.0 Å². The molecule has 17 heavy (non-hydrogen) atoms. The van der Waals surface area contributed by atoms with Gasteiger partial charge in [0.15, 0.2) is 5.82 Å². The van der Waals surface area contributed by atoms with Gasteiger partial charge in [0, 0.05) is 19.1 Å². The normalized spacial score (nSPS) is 25.0. The molecule has 6 heteroatoms. The monoisotopic (exact) mass is 300 g/mol. The number of anilines is 1. The highest BCUT2D eigenvalue weighted by Crippen LogP contribution is 2.29. The molecule has 0 saturated carbocycles. The van der Waals surface area contributed by atoms with Crippen molar-refractivity contribution in [3.63, 3.8) is 0 Å². The second kappa shape index (κ2) is 5.18. The molecule has 0 aliphatic carbocycles. The number of nitrogens with two attached hydrogens (primary N) is 1. The largest absolute Gasteiger partial charge is 0.351 e. The molecule has 0 amide bonds. The quantitative estimate of drug-likeness (QED) is 0.857. The van der Waals surface area contributed by atoms with E-state index in [1.165, 1.54) is 12.7 Å². The molecule has 0 bridgehead atoms. The Morgan fingerprint density at radius 1 is 1.71 bits per heavy atom. The Hall–Kier alpha value is -0.880. The van der Waals surface area contributed by atoms with Gasteiger partial charge in [0.1, 0.15) is 4.47 Å². The highest BCUT2D eigenvalue weighted by molar-refractivity contribution is 9.10. The lowest BCUT2D eigenvalue weighted by molar-refractivity contribution is 0.347. The zero-order valence-electron chi connectivity index (χ0n) is 9.82. The summed E-state index contributed by atoms with van der Waals surface area (Å²) in [4.78, 5) is 20.5. The number of aromatic amines is 1. The van der Waals surface area contributed by atoms with Crippen LogP contribution in [0, 0.1) is 5.92 Å². The third-order valence-electron chi connectivity index (χ3n) is 3.41. The van der Waals surface area contributed by atoms with Crippen molar-refractivity contribution in [3.05, 3.63) is 21.2 Å². The van der Waals surface area contributed by atoms with E-state index in [1.54, 1.807) is 0 Å². The van der Waals surface area contributed by atoms with Gasteiger partial charge in [0.05, 0.1) is 6.33 Å². The summed E-state index contributed by atoms with van der Waals surface area (Å²) in [5.74, 6) is 1.23. The smallest absolute Gasteiger partial charge is 0.267 e. The van der Waals surface area contributed by atoms with Gasteiger partial charge in [-0.1, -0.05) is 6.92 Å². The van der Waals surface area contributed by atoms with Crippen molar-refractivity contribution in [1.82, 2.24) is 9.97 Å². The van der Waals surface area contributed by atoms with Crippen molar-refractivity contribution in [2.75, 3.05) is 18.0 Å². The van der Waals surface area contributed by atoms with Crippen molar-refractivity contribution in [1.29, 1.82) is 0 Å². The van der Waals surface area contributed by atoms with Crippen LogP contribution in [0.5, 0.6) is 0 Å². The van der Waals surface area contributed by atoms with Crippen molar-refractivity contribution >= 4 is 21.7 Å².